The van der Waals surface area contributed by atoms with Gasteiger partial charge in [0, 0.05) is 6.54 Å². The quantitative estimate of drug-likeness (QED) is 0.784. The molecule has 2 rings (SSSR count). The lowest BCUT2D eigenvalue weighted by molar-refractivity contribution is -0.00224. The molecule has 0 saturated heterocycles. The highest BCUT2D eigenvalue weighted by atomic mass is 16.5. The molecule has 0 aliphatic heterocycles. The molecule has 0 saturated carbocycles. The maximum Gasteiger partial charge on any atom is 0.117 e. The zero-order valence-electron chi connectivity index (χ0n) is 12.6. The predicted molar refractivity (Wildman–Crippen MR) is 82.0 cm³/mol. The van der Waals surface area contributed by atoms with Gasteiger partial charge in [-0.25, -0.2) is 0 Å². The van der Waals surface area contributed by atoms with E-state index in [1.165, 1.54) is 0 Å². The molecule has 0 radical (unpaired) electrons. The minimum absolute atomic E-state index is 0.0198. The van der Waals surface area contributed by atoms with Gasteiger partial charge in [0.25, 0.3) is 0 Å². The molecule has 2 atom stereocenters. The molecule has 0 amide bonds. The third-order valence-corrected chi connectivity index (χ3v) is 3.28. The lowest BCUT2D eigenvalue weighted by Gasteiger charge is -2.17. The summed E-state index contributed by atoms with van der Waals surface area (Å²) in [7, 11) is 0. The van der Waals surface area contributed by atoms with Crippen LogP contribution in [0.3, 0.4) is 0 Å². The van der Waals surface area contributed by atoms with E-state index in [0.29, 0.717) is 19.7 Å². The van der Waals surface area contributed by atoms with Crippen LogP contribution in [0.25, 0.3) is 0 Å². The first-order valence-corrected chi connectivity index (χ1v) is 7.26. The van der Waals surface area contributed by atoms with Crippen molar-refractivity contribution < 1.29 is 14.3 Å². The van der Waals surface area contributed by atoms with Crippen LogP contribution in [0.5, 0.6) is 0 Å². The molecule has 21 heavy (non-hydrogen) atoms. The van der Waals surface area contributed by atoms with Crippen LogP contribution in [-0.4, -0.2) is 24.4 Å². The van der Waals surface area contributed by atoms with Gasteiger partial charge in [0.2, 0.25) is 0 Å². The first kappa shape index (κ1) is 15.8. The van der Waals surface area contributed by atoms with Crippen LogP contribution in [0.2, 0.25) is 0 Å². The van der Waals surface area contributed by atoms with Crippen molar-refractivity contribution in [3.05, 3.63) is 59.5 Å². The van der Waals surface area contributed by atoms with Gasteiger partial charge in [-0.3, -0.25) is 0 Å². The molecule has 0 aliphatic carbocycles. The molecule has 4 heteroatoms. The molecule has 0 spiro atoms. The summed E-state index contributed by atoms with van der Waals surface area (Å²) in [6.45, 7) is 5.29. The average molecular weight is 289 g/mol. The Bertz CT molecular complexity index is 524. The van der Waals surface area contributed by atoms with Crippen molar-refractivity contribution in [2.45, 2.75) is 32.6 Å². The fourth-order valence-electron chi connectivity index (χ4n) is 2.08. The molecular formula is C17H23NO3. The number of benzene rings is 1. The summed E-state index contributed by atoms with van der Waals surface area (Å²) in [6, 6.07) is 13.9. The van der Waals surface area contributed by atoms with E-state index in [2.05, 4.69) is 5.32 Å². The standard InChI is InChI=1S/C17H23NO3/c1-13-8-9-17(21-13)11-18-10-16(19)12-20-14(2)15-6-4-3-5-7-15/h3-9,14,16,18-19H,10-12H2,1-2H3. The van der Waals surface area contributed by atoms with Gasteiger partial charge >= 0.3 is 0 Å². The van der Waals surface area contributed by atoms with Crippen LogP contribution in [-0.2, 0) is 11.3 Å². The van der Waals surface area contributed by atoms with Gasteiger partial charge in [-0.2, -0.15) is 0 Å². The van der Waals surface area contributed by atoms with Crippen LogP contribution < -0.4 is 5.32 Å². The zero-order valence-corrected chi connectivity index (χ0v) is 12.6. The fourth-order valence-corrected chi connectivity index (χ4v) is 2.08. The molecular weight excluding hydrogens is 266 g/mol. The fraction of sp³-hybridized carbons (Fsp3) is 0.412. The molecule has 114 valence electrons. The number of nitrogens with one attached hydrogen (secondary N) is 1. The van der Waals surface area contributed by atoms with Crippen molar-refractivity contribution in [1.29, 1.82) is 0 Å². The van der Waals surface area contributed by atoms with Crippen LogP contribution in [0.1, 0.15) is 30.1 Å². The van der Waals surface area contributed by atoms with Crippen LogP contribution in [0.15, 0.2) is 46.9 Å². The lowest BCUT2D eigenvalue weighted by atomic mass is 10.1. The third kappa shape index (κ3) is 5.34. The van der Waals surface area contributed by atoms with Crippen molar-refractivity contribution in [1.82, 2.24) is 5.32 Å². The van der Waals surface area contributed by atoms with Crippen molar-refractivity contribution in [2.75, 3.05) is 13.2 Å². The monoisotopic (exact) mass is 289 g/mol. The van der Waals surface area contributed by atoms with E-state index in [1.54, 1.807) is 0 Å². The Morgan fingerprint density at radius 2 is 1.95 bits per heavy atom. The van der Waals surface area contributed by atoms with E-state index < -0.39 is 6.10 Å². The normalized spacial score (nSPS) is 14.0. The van der Waals surface area contributed by atoms with Gasteiger partial charge in [-0.15, -0.1) is 0 Å². The van der Waals surface area contributed by atoms with E-state index in [-0.39, 0.29) is 6.10 Å². The van der Waals surface area contributed by atoms with E-state index in [1.807, 2.05) is 56.3 Å². The Kier molecular flexibility index (Phi) is 5.99. The number of aryl methyl sites for hydroxylation is 1. The predicted octanol–water partition coefficient (Wildman–Crippen LogP) is 2.82. The minimum atomic E-state index is -0.535. The number of hydrogen-bond donors (Lipinski definition) is 2. The van der Waals surface area contributed by atoms with Crippen LogP contribution in [0, 0.1) is 6.92 Å². The number of aliphatic hydroxyl groups is 1. The van der Waals surface area contributed by atoms with Gasteiger partial charge in [-0.1, -0.05) is 30.3 Å². The molecule has 0 bridgehead atoms. The number of aliphatic hydroxyl groups excluding tert-OH is 1. The largest absolute Gasteiger partial charge is 0.465 e. The number of furan rings is 1. The smallest absolute Gasteiger partial charge is 0.117 e. The summed E-state index contributed by atoms with van der Waals surface area (Å²) >= 11 is 0. The second-order valence-electron chi connectivity index (χ2n) is 5.18. The maximum atomic E-state index is 9.91. The Balaban J connectivity index is 1.64. The molecule has 4 nitrogen and oxygen atoms in total. The first-order valence-electron chi connectivity index (χ1n) is 7.26. The topological polar surface area (TPSA) is 54.6 Å². The van der Waals surface area contributed by atoms with Gasteiger partial charge in [0.15, 0.2) is 0 Å². The first-order chi connectivity index (χ1) is 10.1. The van der Waals surface area contributed by atoms with E-state index in [9.17, 15) is 5.11 Å². The van der Waals surface area contributed by atoms with Crippen LogP contribution in [0.4, 0.5) is 0 Å². The second kappa shape index (κ2) is 7.98. The number of ether oxygens (including phenoxy) is 1. The second-order valence-corrected chi connectivity index (χ2v) is 5.18. The summed E-state index contributed by atoms with van der Waals surface area (Å²) in [4.78, 5) is 0. The van der Waals surface area contributed by atoms with Crippen molar-refractivity contribution in [3.63, 3.8) is 0 Å². The average Bonchev–Trinajstić information content (AvgIpc) is 2.91. The molecule has 2 aromatic rings. The maximum absolute atomic E-state index is 9.91. The molecule has 2 unspecified atom stereocenters. The Hall–Kier alpha value is -1.62. The summed E-state index contributed by atoms with van der Waals surface area (Å²) in [6.07, 6.45) is -0.555. The molecule has 0 fully saturated rings. The van der Waals surface area contributed by atoms with Crippen molar-refractivity contribution in [3.8, 4) is 0 Å². The highest BCUT2D eigenvalue weighted by molar-refractivity contribution is 5.16. The molecule has 1 heterocycles. The zero-order chi connectivity index (χ0) is 15.1. The lowest BCUT2D eigenvalue weighted by Crippen LogP contribution is -2.30. The number of rotatable bonds is 8. The van der Waals surface area contributed by atoms with Crippen molar-refractivity contribution in [2.24, 2.45) is 0 Å². The van der Waals surface area contributed by atoms with Crippen molar-refractivity contribution >= 4 is 0 Å². The van der Waals surface area contributed by atoms with Gasteiger partial charge in [-0.05, 0) is 31.5 Å². The Morgan fingerprint density at radius 3 is 2.62 bits per heavy atom. The molecule has 1 aromatic heterocycles. The molecule has 0 aliphatic rings. The Morgan fingerprint density at radius 1 is 1.19 bits per heavy atom. The van der Waals surface area contributed by atoms with Gasteiger partial charge < -0.3 is 19.6 Å². The van der Waals surface area contributed by atoms with Gasteiger partial charge in [0.05, 0.1) is 25.4 Å². The summed E-state index contributed by atoms with van der Waals surface area (Å²) < 4.78 is 11.1. The minimum Gasteiger partial charge on any atom is -0.465 e. The molecule has 1 aromatic carbocycles. The van der Waals surface area contributed by atoms with Gasteiger partial charge in [0.1, 0.15) is 11.5 Å². The van der Waals surface area contributed by atoms with E-state index in [4.69, 9.17) is 9.15 Å². The third-order valence-electron chi connectivity index (χ3n) is 3.28. The highest BCUT2D eigenvalue weighted by Crippen LogP contribution is 2.15. The van der Waals surface area contributed by atoms with E-state index >= 15 is 0 Å². The SMILES string of the molecule is Cc1ccc(CNCC(O)COC(C)c2ccccc2)o1. The Labute approximate surface area is 125 Å². The summed E-state index contributed by atoms with van der Waals surface area (Å²) in [5.74, 6) is 1.77. The van der Waals surface area contributed by atoms with Crippen LogP contribution >= 0.6 is 0 Å². The summed E-state index contributed by atoms with van der Waals surface area (Å²) in [5.41, 5.74) is 1.11. The number of hydrogen-bond acceptors (Lipinski definition) is 4. The highest BCUT2D eigenvalue weighted by Gasteiger charge is 2.09. The van der Waals surface area contributed by atoms with E-state index in [0.717, 1.165) is 17.1 Å². The molecule has 2 N–H and O–H groups in total. The summed E-state index contributed by atoms with van der Waals surface area (Å²) in [5, 5.41) is 13.1.